The van der Waals surface area contributed by atoms with Crippen molar-refractivity contribution in [1.82, 2.24) is 0 Å². The van der Waals surface area contributed by atoms with Crippen LogP contribution in [0, 0.1) is 6.92 Å². The summed E-state index contributed by atoms with van der Waals surface area (Å²) in [5.41, 5.74) is 0.882. The van der Waals surface area contributed by atoms with Crippen LogP contribution in [0.5, 0.6) is 0 Å². The van der Waals surface area contributed by atoms with Gasteiger partial charge in [0.2, 0.25) is 0 Å². The molecule has 0 saturated carbocycles. The lowest BCUT2D eigenvalue weighted by atomic mass is 10.3. The summed E-state index contributed by atoms with van der Waals surface area (Å²) in [6, 6.07) is 1.74. The quantitative estimate of drug-likeness (QED) is 0.544. The number of alkyl halides is 1. The molecular formula is C6H7FO. The van der Waals surface area contributed by atoms with Crippen LogP contribution in [-0.2, 0) is 6.67 Å². The molecule has 0 N–H and O–H groups in total. The molecule has 0 aliphatic rings. The van der Waals surface area contributed by atoms with Gasteiger partial charge >= 0.3 is 0 Å². The Morgan fingerprint density at radius 1 is 1.75 bits per heavy atom. The molecule has 1 aromatic rings. The number of furan rings is 1. The molecule has 1 aromatic heterocycles. The van der Waals surface area contributed by atoms with Crippen LogP contribution < -0.4 is 0 Å². The van der Waals surface area contributed by atoms with Crippen molar-refractivity contribution in [3.05, 3.63) is 23.7 Å². The maximum atomic E-state index is 11.7. The smallest absolute Gasteiger partial charge is 0.147 e. The molecule has 0 saturated heterocycles. The summed E-state index contributed by atoms with van der Waals surface area (Å²) in [7, 11) is 0. The molecular weight excluding hydrogens is 107 g/mol. The third-order valence-corrected chi connectivity index (χ3v) is 1.09. The Bertz CT molecular complexity index is 169. The molecule has 0 amide bonds. The lowest BCUT2D eigenvalue weighted by Crippen LogP contribution is -1.73. The van der Waals surface area contributed by atoms with Gasteiger partial charge in [-0.3, -0.25) is 0 Å². The molecule has 44 valence electrons. The first-order chi connectivity index (χ1) is 3.84. The third-order valence-electron chi connectivity index (χ3n) is 1.09. The Morgan fingerprint density at radius 2 is 2.50 bits per heavy atom. The van der Waals surface area contributed by atoms with Gasteiger partial charge in [0.05, 0.1) is 6.26 Å². The topological polar surface area (TPSA) is 13.1 Å². The summed E-state index contributed by atoms with van der Waals surface area (Å²) in [6.45, 7) is 1.32. The van der Waals surface area contributed by atoms with E-state index in [1.54, 1.807) is 6.07 Å². The zero-order valence-electron chi connectivity index (χ0n) is 4.65. The van der Waals surface area contributed by atoms with Gasteiger partial charge < -0.3 is 4.42 Å². The van der Waals surface area contributed by atoms with Gasteiger partial charge in [-0.05, 0) is 18.6 Å². The van der Waals surface area contributed by atoms with E-state index in [1.165, 1.54) is 6.26 Å². The minimum atomic E-state index is -0.501. The standard InChI is InChI=1S/C6H7FO/c1-5-2-3-8-6(5)4-7/h2-3H,4H2,1H3. The first-order valence-corrected chi connectivity index (χ1v) is 2.43. The van der Waals surface area contributed by atoms with Gasteiger partial charge in [-0.15, -0.1) is 0 Å². The molecule has 0 aromatic carbocycles. The van der Waals surface area contributed by atoms with E-state index in [0.717, 1.165) is 5.56 Å². The number of hydrogen-bond acceptors (Lipinski definition) is 1. The average molecular weight is 114 g/mol. The Morgan fingerprint density at radius 3 is 2.75 bits per heavy atom. The van der Waals surface area contributed by atoms with Gasteiger partial charge in [-0.25, -0.2) is 4.39 Å². The zero-order chi connectivity index (χ0) is 5.98. The van der Waals surface area contributed by atoms with Crippen molar-refractivity contribution in [3.63, 3.8) is 0 Å². The molecule has 2 heteroatoms. The van der Waals surface area contributed by atoms with Crippen molar-refractivity contribution < 1.29 is 8.81 Å². The Hall–Kier alpha value is -0.790. The molecule has 0 bridgehead atoms. The van der Waals surface area contributed by atoms with Crippen LogP contribution in [0.15, 0.2) is 16.7 Å². The van der Waals surface area contributed by atoms with Crippen molar-refractivity contribution in [2.45, 2.75) is 13.6 Å². The molecule has 1 rings (SSSR count). The summed E-state index contributed by atoms with van der Waals surface area (Å²) >= 11 is 0. The number of rotatable bonds is 1. The van der Waals surface area contributed by atoms with Crippen molar-refractivity contribution >= 4 is 0 Å². The van der Waals surface area contributed by atoms with E-state index in [2.05, 4.69) is 0 Å². The molecule has 0 fully saturated rings. The largest absolute Gasteiger partial charge is 0.466 e. The van der Waals surface area contributed by atoms with Gasteiger partial charge in [0.25, 0.3) is 0 Å². The highest BCUT2D eigenvalue weighted by atomic mass is 19.1. The molecule has 0 aliphatic carbocycles. The summed E-state index contributed by atoms with van der Waals surface area (Å²) in [4.78, 5) is 0. The van der Waals surface area contributed by atoms with Crippen molar-refractivity contribution in [2.24, 2.45) is 0 Å². The molecule has 0 aliphatic heterocycles. The molecule has 1 nitrogen and oxygen atoms in total. The monoisotopic (exact) mass is 114 g/mol. The van der Waals surface area contributed by atoms with Gasteiger partial charge in [-0.1, -0.05) is 0 Å². The molecule has 0 atom stereocenters. The van der Waals surface area contributed by atoms with Crippen molar-refractivity contribution in [2.75, 3.05) is 0 Å². The summed E-state index contributed by atoms with van der Waals surface area (Å²) in [5, 5.41) is 0. The Labute approximate surface area is 47.1 Å². The van der Waals surface area contributed by atoms with Gasteiger partial charge in [0, 0.05) is 0 Å². The lowest BCUT2D eigenvalue weighted by Gasteiger charge is -1.84. The van der Waals surface area contributed by atoms with Crippen molar-refractivity contribution in [3.8, 4) is 0 Å². The second-order valence-corrected chi connectivity index (χ2v) is 1.66. The number of hydrogen-bond donors (Lipinski definition) is 0. The van der Waals surface area contributed by atoms with Gasteiger partial charge in [0.15, 0.2) is 0 Å². The highest BCUT2D eigenvalue weighted by Gasteiger charge is 1.97. The van der Waals surface area contributed by atoms with Crippen LogP contribution in [0.2, 0.25) is 0 Å². The SMILES string of the molecule is Cc1ccoc1CF. The summed E-state index contributed by atoms with van der Waals surface area (Å²) in [5.74, 6) is 0.435. The molecule has 0 unspecified atom stereocenters. The molecule has 0 spiro atoms. The van der Waals surface area contributed by atoms with E-state index in [-0.39, 0.29) is 0 Å². The van der Waals surface area contributed by atoms with E-state index < -0.39 is 6.67 Å². The molecule has 1 heterocycles. The first-order valence-electron chi connectivity index (χ1n) is 2.43. The highest BCUT2D eigenvalue weighted by molar-refractivity contribution is 5.13. The fourth-order valence-electron chi connectivity index (χ4n) is 0.541. The van der Waals surface area contributed by atoms with Crippen LogP contribution in [0.3, 0.4) is 0 Å². The van der Waals surface area contributed by atoms with Gasteiger partial charge in [-0.2, -0.15) is 0 Å². The van der Waals surface area contributed by atoms with E-state index in [4.69, 9.17) is 4.42 Å². The summed E-state index contributed by atoms with van der Waals surface area (Å²) < 4.78 is 16.5. The van der Waals surface area contributed by atoms with E-state index in [0.29, 0.717) is 5.76 Å². The van der Waals surface area contributed by atoms with Crippen molar-refractivity contribution in [1.29, 1.82) is 0 Å². The second kappa shape index (κ2) is 1.99. The highest BCUT2D eigenvalue weighted by Crippen LogP contribution is 2.08. The van der Waals surface area contributed by atoms with Crippen LogP contribution in [0.1, 0.15) is 11.3 Å². The predicted octanol–water partition coefficient (Wildman–Crippen LogP) is 2.06. The normalized spacial score (nSPS) is 9.75. The number of halogens is 1. The minimum absolute atomic E-state index is 0.435. The average Bonchev–Trinajstić information content (AvgIpc) is 2.14. The first kappa shape index (κ1) is 5.35. The van der Waals surface area contributed by atoms with Gasteiger partial charge in [0.1, 0.15) is 12.4 Å². The third kappa shape index (κ3) is 0.735. The van der Waals surface area contributed by atoms with Crippen LogP contribution in [0.25, 0.3) is 0 Å². The van der Waals surface area contributed by atoms with E-state index in [9.17, 15) is 4.39 Å². The molecule has 0 radical (unpaired) electrons. The fourth-order valence-corrected chi connectivity index (χ4v) is 0.541. The van der Waals surface area contributed by atoms with Crippen LogP contribution >= 0.6 is 0 Å². The minimum Gasteiger partial charge on any atom is -0.466 e. The van der Waals surface area contributed by atoms with E-state index >= 15 is 0 Å². The fraction of sp³-hybridized carbons (Fsp3) is 0.333. The molecule has 8 heavy (non-hydrogen) atoms. The maximum Gasteiger partial charge on any atom is 0.147 e. The predicted molar refractivity (Wildman–Crippen MR) is 28.3 cm³/mol. The number of aryl methyl sites for hydroxylation is 1. The van der Waals surface area contributed by atoms with Crippen LogP contribution in [0.4, 0.5) is 4.39 Å². The van der Waals surface area contributed by atoms with Crippen LogP contribution in [-0.4, -0.2) is 0 Å². The Balaban J connectivity index is 2.92. The summed E-state index contributed by atoms with van der Waals surface area (Å²) in [6.07, 6.45) is 1.49. The zero-order valence-corrected chi connectivity index (χ0v) is 4.65. The Kier molecular flexibility index (Phi) is 1.33. The second-order valence-electron chi connectivity index (χ2n) is 1.66. The van der Waals surface area contributed by atoms with E-state index in [1.807, 2.05) is 6.92 Å². The maximum absolute atomic E-state index is 11.7. The lowest BCUT2D eigenvalue weighted by molar-refractivity contribution is 0.391.